The number of furan rings is 1. The van der Waals surface area contributed by atoms with Crippen LogP contribution in [0, 0.1) is 5.41 Å². The highest BCUT2D eigenvalue weighted by Crippen LogP contribution is 2.36. The molecule has 0 saturated heterocycles. The standard InChI is InChI=1S/C21H24N2O5/c1-23(19(25)17-10-7-13-28-17)16-9-4-3-8-15(16)18(24)22-14-21(20(26)27)11-5-2-6-12-21/h3-4,7-10,13H,2,5-6,11-12,14H2,1H3,(H,22,24)(H,26,27). The number of para-hydroxylation sites is 1. The van der Waals surface area contributed by atoms with Gasteiger partial charge in [0.1, 0.15) is 0 Å². The summed E-state index contributed by atoms with van der Waals surface area (Å²) in [5, 5.41) is 12.5. The zero-order valence-electron chi connectivity index (χ0n) is 15.8. The Bertz CT molecular complexity index is 853. The second-order valence-electron chi connectivity index (χ2n) is 7.19. The summed E-state index contributed by atoms with van der Waals surface area (Å²) in [5.41, 5.74) is -0.186. The number of carbonyl (C=O) groups excluding carboxylic acids is 2. The fourth-order valence-electron chi connectivity index (χ4n) is 3.67. The van der Waals surface area contributed by atoms with Crippen molar-refractivity contribution in [3.05, 3.63) is 54.0 Å². The molecule has 28 heavy (non-hydrogen) atoms. The van der Waals surface area contributed by atoms with Crippen LogP contribution in [0.4, 0.5) is 5.69 Å². The van der Waals surface area contributed by atoms with Crippen molar-refractivity contribution in [1.82, 2.24) is 5.32 Å². The number of carboxylic acid groups (broad SMARTS) is 1. The molecular formula is C21H24N2O5. The van der Waals surface area contributed by atoms with Gasteiger partial charge in [-0.05, 0) is 37.1 Å². The van der Waals surface area contributed by atoms with Crippen molar-refractivity contribution in [1.29, 1.82) is 0 Å². The summed E-state index contributed by atoms with van der Waals surface area (Å²) in [7, 11) is 1.57. The predicted molar refractivity (Wildman–Crippen MR) is 103 cm³/mol. The number of rotatable bonds is 6. The first kappa shape index (κ1) is 19.7. The number of hydrogen-bond acceptors (Lipinski definition) is 4. The van der Waals surface area contributed by atoms with Gasteiger partial charge in [0.05, 0.1) is 22.9 Å². The number of anilines is 1. The molecule has 0 radical (unpaired) electrons. The Balaban J connectivity index is 1.77. The Hall–Kier alpha value is -3.09. The van der Waals surface area contributed by atoms with E-state index in [9.17, 15) is 19.5 Å². The van der Waals surface area contributed by atoms with Gasteiger partial charge >= 0.3 is 5.97 Å². The number of hydrogen-bond donors (Lipinski definition) is 2. The lowest BCUT2D eigenvalue weighted by Gasteiger charge is -2.33. The summed E-state index contributed by atoms with van der Waals surface area (Å²) >= 11 is 0. The Labute approximate surface area is 163 Å². The van der Waals surface area contributed by atoms with E-state index in [1.54, 1.807) is 43.4 Å². The van der Waals surface area contributed by atoms with Gasteiger partial charge in [-0.15, -0.1) is 0 Å². The third-order valence-electron chi connectivity index (χ3n) is 5.40. The maximum atomic E-state index is 12.8. The quantitative estimate of drug-likeness (QED) is 0.796. The minimum Gasteiger partial charge on any atom is -0.481 e. The van der Waals surface area contributed by atoms with Crippen LogP contribution in [0.5, 0.6) is 0 Å². The fraction of sp³-hybridized carbons (Fsp3) is 0.381. The molecule has 0 spiro atoms. The summed E-state index contributed by atoms with van der Waals surface area (Å²) in [4.78, 5) is 38.5. The van der Waals surface area contributed by atoms with Crippen LogP contribution >= 0.6 is 0 Å². The molecular weight excluding hydrogens is 360 g/mol. The number of nitrogens with one attached hydrogen (secondary N) is 1. The molecule has 1 aromatic heterocycles. The molecule has 1 heterocycles. The zero-order valence-corrected chi connectivity index (χ0v) is 15.8. The molecule has 0 unspecified atom stereocenters. The Kier molecular flexibility index (Phi) is 5.82. The first-order valence-electron chi connectivity index (χ1n) is 9.37. The van der Waals surface area contributed by atoms with E-state index in [4.69, 9.17) is 4.42 Å². The van der Waals surface area contributed by atoms with E-state index >= 15 is 0 Å². The van der Waals surface area contributed by atoms with Crippen molar-refractivity contribution in [2.24, 2.45) is 5.41 Å². The van der Waals surface area contributed by atoms with Gasteiger partial charge in [-0.3, -0.25) is 14.4 Å². The van der Waals surface area contributed by atoms with Gasteiger partial charge in [-0.1, -0.05) is 31.4 Å². The molecule has 1 aromatic carbocycles. The average Bonchev–Trinajstić information content (AvgIpc) is 3.26. The fourth-order valence-corrected chi connectivity index (χ4v) is 3.67. The molecule has 148 valence electrons. The van der Waals surface area contributed by atoms with Gasteiger partial charge in [0.2, 0.25) is 0 Å². The molecule has 1 aliphatic rings. The molecule has 1 saturated carbocycles. The lowest BCUT2D eigenvalue weighted by molar-refractivity contribution is -0.150. The Morgan fingerprint density at radius 3 is 2.46 bits per heavy atom. The molecule has 2 aromatic rings. The summed E-state index contributed by atoms with van der Waals surface area (Å²) in [6.07, 6.45) is 5.24. The predicted octanol–water partition coefficient (Wildman–Crippen LogP) is 3.32. The van der Waals surface area contributed by atoms with Crippen LogP contribution in [0.3, 0.4) is 0 Å². The maximum Gasteiger partial charge on any atom is 0.311 e. The van der Waals surface area contributed by atoms with E-state index < -0.39 is 17.3 Å². The highest BCUT2D eigenvalue weighted by atomic mass is 16.4. The minimum absolute atomic E-state index is 0.0747. The molecule has 2 N–H and O–H groups in total. The second-order valence-corrected chi connectivity index (χ2v) is 7.19. The van der Waals surface area contributed by atoms with Crippen LogP contribution in [0.1, 0.15) is 53.0 Å². The van der Waals surface area contributed by atoms with Crippen LogP contribution in [0.2, 0.25) is 0 Å². The van der Waals surface area contributed by atoms with Crippen LogP contribution in [-0.4, -0.2) is 36.5 Å². The lowest BCUT2D eigenvalue weighted by atomic mass is 9.74. The smallest absolute Gasteiger partial charge is 0.311 e. The van der Waals surface area contributed by atoms with Gasteiger partial charge < -0.3 is 19.7 Å². The van der Waals surface area contributed by atoms with Gasteiger partial charge in [0, 0.05) is 13.6 Å². The number of carboxylic acids is 1. The first-order chi connectivity index (χ1) is 13.4. The third-order valence-corrected chi connectivity index (χ3v) is 5.40. The molecule has 3 rings (SSSR count). The molecule has 7 heteroatoms. The van der Waals surface area contributed by atoms with E-state index in [2.05, 4.69) is 5.32 Å². The van der Waals surface area contributed by atoms with Gasteiger partial charge in [0.15, 0.2) is 5.76 Å². The normalized spacial score (nSPS) is 15.6. The Morgan fingerprint density at radius 1 is 1.11 bits per heavy atom. The van der Waals surface area contributed by atoms with Crippen LogP contribution in [0.25, 0.3) is 0 Å². The number of nitrogens with zero attached hydrogens (tertiary/aromatic N) is 1. The number of amides is 2. The molecule has 0 aliphatic heterocycles. The summed E-state index contributed by atoms with van der Waals surface area (Å²) in [6.45, 7) is 0.0747. The average molecular weight is 384 g/mol. The highest BCUT2D eigenvalue weighted by molar-refractivity contribution is 6.09. The summed E-state index contributed by atoms with van der Waals surface area (Å²) < 4.78 is 5.15. The van der Waals surface area contributed by atoms with Crippen LogP contribution in [-0.2, 0) is 4.79 Å². The topological polar surface area (TPSA) is 99.9 Å². The molecule has 1 aliphatic carbocycles. The van der Waals surface area contributed by atoms with E-state index in [0.29, 0.717) is 24.1 Å². The van der Waals surface area contributed by atoms with Crippen LogP contribution < -0.4 is 10.2 Å². The summed E-state index contributed by atoms with van der Waals surface area (Å²) in [6, 6.07) is 9.90. The van der Waals surface area contributed by atoms with E-state index in [1.165, 1.54) is 11.2 Å². The Morgan fingerprint density at radius 2 is 1.82 bits per heavy atom. The van der Waals surface area contributed by atoms with Crippen molar-refractivity contribution in [2.45, 2.75) is 32.1 Å². The van der Waals surface area contributed by atoms with E-state index in [-0.39, 0.29) is 18.2 Å². The first-order valence-corrected chi connectivity index (χ1v) is 9.37. The zero-order chi connectivity index (χ0) is 20.1. The minimum atomic E-state index is -0.918. The van der Waals surface area contributed by atoms with E-state index in [1.807, 2.05) is 0 Å². The third kappa shape index (κ3) is 3.93. The van der Waals surface area contributed by atoms with E-state index in [0.717, 1.165) is 19.3 Å². The lowest BCUT2D eigenvalue weighted by Crippen LogP contribution is -2.44. The summed E-state index contributed by atoms with van der Waals surface area (Å²) in [5.74, 6) is -1.48. The molecule has 2 amide bonds. The van der Waals surface area contributed by atoms with Gasteiger partial charge in [0.25, 0.3) is 11.8 Å². The van der Waals surface area contributed by atoms with Crippen molar-refractivity contribution in [3.8, 4) is 0 Å². The molecule has 0 bridgehead atoms. The molecule has 0 atom stereocenters. The van der Waals surface area contributed by atoms with Gasteiger partial charge in [-0.2, -0.15) is 0 Å². The number of aliphatic carboxylic acids is 1. The van der Waals surface area contributed by atoms with Crippen molar-refractivity contribution in [2.75, 3.05) is 18.5 Å². The second kappa shape index (κ2) is 8.29. The van der Waals surface area contributed by atoms with Crippen LogP contribution in [0.15, 0.2) is 47.1 Å². The highest BCUT2D eigenvalue weighted by Gasteiger charge is 2.40. The maximum absolute atomic E-state index is 12.8. The van der Waals surface area contributed by atoms with Crippen molar-refractivity contribution >= 4 is 23.5 Å². The largest absolute Gasteiger partial charge is 0.481 e. The van der Waals surface area contributed by atoms with Crippen molar-refractivity contribution in [3.63, 3.8) is 0 Å². The number of carbonyl (C=O) groups is 3. The number of benzene rings is 1. The SMILES string of the molecule is CN(C(=O)c1ccco1)c1ccccc1C(=O)NCC1(C(=O)O)CCCCC1. The molecule has 7 nitrogen and oxygen atoms in total. The van der Waals surface area contributed by atoms with Crippen molar-refractivity contribution < 1.29 is 23.9 Å². The van der Waals surface area contributed by atoms with Gasteiger partial charge in [-0.25, -0.2) is 0 Å². The monoisotopic (exact) mass is 384 g/mol. The molecule has 1 fully saturated rings.